The Balaban J connectivity index is 3.04. The first-order valence-electron chi connectivity index (χ1n) is 5.30. The smallest absolute Gasteiger partial charge is 0.207 e. The number of hydrogen-bond donors (Lipinski definition) is 1. The lowest BCUT2D eigenvalue weighted by molar-refractivity contribution is 0.563. The van der Waals surface area contributed by atoms with E-state index in [0.717, 1.165) is 0 Å². The summed E-state index contributed by atoms with van der Waals surface area (Å²) >= 11 is 0. The van der Waals surface area contributed by atoms with Crippen LogP contribution in [0.15, 0.2) is 23.1 Å². The molecule has 0 fully saturated rings. The zero-order valence-electron chi connectivity index (χ0n) is 10.1. The molecule has 0 saturated heterocycles. The van der Waals surface area contributed by atoms with Gasteiger partial charge in [-0.15, -0.1) is 0 Å². The quantitative estimate of drug-likeness (QED) is 0.889. The summed E-state index contributed by atoms with van der Waals surface area (Å²) in [7, 11) is -3.64. The van der Waals surface area contributed by atoms with Crippen LogP contribution in [-0.4, -0.2) is 14.5 Å². The van der Waals surface area contributed by atoms with Crippen LogP contribution in [-0.2, 0) is 10.0 Å². The van der Waals surface area contributed by atoms with Gasteiger partial charge >= 0.3 is 0 Å². The Morgan fingerprint density at radius 1 is 1.39 bits per heavy atom. The van der Waals surface area contributed by atoms with Crippen LogP contribution in [0.25, 0.3) is 0 Å². The van der Waals surface area contributed by atoms with Gasteiger partial charge in [-0.05, 0) is 37.6 Å². The third-order valence-corrected chi connectivity index (χ3v) is 3.97. The predicted molar refractivity (Wildman–Crippen MR) is 65.9 cm³/mol. The van der Waals surface area contributed by atoms with Crippen molar-refractivity contribution in [3.05, 3.63) is 29.3 Å². The molecule has 0 radical (unpaired) electrons. The number of nitriles is 2. The lowest BCUT2D eigenvalue weighted by Crippen LogP contribution is -2.32. The van der Waals surface area contributed by atoms with E-state index in [1.165, 1.54) is 18.2 Å². The molecule has 1 rings (SSSR count). The van der Waals surface area contributed by atoms with Gasteiger partial charge < -0.3 is 0 Å². The van der Waals surface area contributed by atoms with Gasteiger partial charge in [-0.2, -0.15) is 10.5 Å². The Labute approximate surface area is 107 Å². The van der Waals surface area contributed by atoms with Crippen LogP contribution in [0.4, 0.5) is 0 Å². The standard InChI is InChI=1S/C12H13N3O2S/c1-9-7-12(4-3-11(9)8-14)18(16,17)15-10(2)5-6-13/h3-4,7,10,15H,5H2,1-2H3. The fourth-order valence-corrected chi connectivity index (χ4v) is 2.77. The number of nitrogens with one attached hydrogen (secondary N) is 1. The lowest BCUT2D eigenvalue weighted by Gasteiger charge is -2.11. The van der Waals surface area contributed by atoms with E-state index >= 15 is 0 Å². The summed E-state index contributed by atoms with van der Waals surface area (Å²) in [6, 6.07) is 7.73. The summed E-state index contributed by atoms with van der Waals surface area (Å²) in [5, 5.41) is 17.3. The minimum absolute atomic E-state index is 0.101. The molecule has 0 saturated carbocycles. The maximum absolute atomic E-state index is 12.0. The molecule has 5 nitrogen and oxygen atoms in total. The van der Waals surface area contributed by atoms with Crippen molar-refractivity contribution in [2.75, 3.05) is 0 Å². The first-order valence-corrected chi connectivity index (χ1v) is 6.79. The van der Waals surface area contributed by atoms with Crippen LogP contribution in [0.3, 0.4) is 0 Å². The van der Waals surface area contributed by atoms with Gasteiger partial charge in [0, 0.05) is 6.04 Å². The Kier molecular flexibility index (Phi) is 4.43. The van der Waals surface area contributed by atoms with Crippen molar-refractivity contribution in [2.24, 2.45) is 0 Å². The molecule has 0 heterocycles. The highest BCUT2D eigenvalue weighted by Gasteiger charge is 2.17. The Morgan fingerprint density at radius 3 is 2.56 bits per heavy atom. The molecule has 1 atom stereocenters. The molecule has 0 bridgehead atoms. The number of hydrogen-bond acceptors (Lipinski definition) is 4. The van der Waals surface area contributed by atoms with Crippen molar-refractivity contribution in [3.8, 4) is 12.1 Å². The summed E-state index contributed by atoms with van der Waals surface area (Å²) in [6.07, 6.45) is 0.106. The molecule has 1 unspecified atom stereocenters. The van der Waals surface area contributed by atoms with Crippen LogP contribution >= 0.6 is 0 Å². The van der Waals surface area contributed by atoms with Crippen molar-refractivity contribution < 1.29 is 8.42 Å². The minimum atomic E-state index is -3.64. The van der Waals surface area contributed by atoms with Gasteiger partial charge in [-0.3, -0.25) is 0 Å². The zero-order chi connectivity index (χ0) is 13.8. The van der Waals surface area contributed by atoms with E-state index in [9.17, 15) is 8.42 Å². The predicted octanol–water partition coefficient (Wildman–Crippen LogP) is 1.45. The maximum Gasteiger partial charge on any atom is 0.240 e. The molecule has 1 aromatic rings. The average molecular weight is 263 g/mol. The fourth-order valence-electron chi connectivity index (χ4n) is 1.44. The van der Waals surface area contributed by atoms with Crippen molar-refractivity contribution >= 4 is 10.0 Å². The number of rotatable bonds is 4. The molecule has 0 aliphatic heterocycles. The molecule has 0 spiro atoms. The molecular formula is C12H13N3O2S. The number of sulfonamides is 1. The van der Waals surface area contributed by atoms with Crippen LogP contribution in [0, 0.1) is 29.6 Å². The first-order chi connectivity index (χ1) is 8.40. The van der Waals surface area contributed by atoms with E-state index in [1.54, 1.807) is 13.8 Å². The van der Waals surface area contributed by atoms with Crippen molar-refractivity contribution in [3.63, 3.8) is 0 Å². The summed E-state index contributed by atoms with van der Waals surface area (Å²) in [5.41, 5.74) is 1.05. The van der Waals surface area contributed by atoms with Crippen molar-refractivity contribution in [2.45, 2.75) is 31.2 Å². The monoisotopic (exact) mass is 263 g/mol. The van der Waals surface area contributed by atoms with Gasteiger partial charge in [0.1, 0.15) is 0 Å². The molecule has 1 N–H and O–H groups in total. The van der Waals surface area contributed by atoms with Gasteiger partial charge in [0.05, 0.1) is 29.0 Å². The SMILES string of the molecule is Cc1cc(S(=O)(=O)NC(C)CC#N)ccc1C#N. The van der Waals surface area contributed by atoms with Crippen LogP contribution in [0.5, 0.6) is 0 Å². The number of benzene rings is 1. The number of nitrogens with zero attached hydrogens (tertiary/aromatic N) is 2. The molecule has 94 valence electrons. The average Bonchev–Trinajstić information content (AvgIpc) is 2.28. The highest BCUT2D eigenvalue weighted by Crippen LogP contribution is 2.15. The van der Waals surface area contributed by atoms with Gasteiger partial charge in [0.15, 0.2) is 0 Å². The van der Waals surface area contributed by atoms with E-state index in [-0.39, 0.29) is 11.3 Å². The summed E-state index contributed by atoms with van der Waals surface area (Å²) in [4.78, 5) is 0.101. The van der Waals surface area contributed by atoms with E-state index in [0.29, 0.717) is 11.1 Å². The largest absolute Gasteiger partial charge is 0.240 e. The van der Waals surface area contributed by atoms with Crippen LogP contribution < -0.4 is 4.72 Å². The van der Waals surface area contributed by atoms with Gasteiger partial charge in [-0.1, -0.05) is 0 Å². The number of aryl methyl sites for hydroxylation is 1. The molecule has 0 amide bonds. The highest BCUT2D eigenvalue weighted by atomic mass is 32.2. The maximum atomic E-state index is 12.0. The molecule has 0 aliphatic rings. The molecule has 1 aromatic carbocycles. The van der Waals surface area contributed by atoms with Crippen LogP contribution in [0.1, 0.15) is 24.5 Å². The molecule has 6 heteroatoms. The van der Waals surface area contributed by atoms with Crippen molar-refractivity contribution in [1.82, 2.24) is 4.72 Å². The third-order valence-electron chi connectivity index (χ3n) is 2.38. The van der Waals surface area contributed by atoms with Gasteiger partial charge in [-0.25, -0.2) is 13.1 Å². The molecular weight excluding hydrogens is 250 g/mol. The molecule has 18 heavy (non-hydrogen) atoms. The summed E-state index contributed by atoms with van der Waals surface area (Å²) < 4.78 is 26.3. The van der Waals surface area contributed by atoms with Gasteiger partial charge in [0.25, 0.3) is 0 Å². The molecule has 0 aliphatic carbocycles. The minimum Gasteiger partial charge on any atom is -0.207 e. The Bertz CT molecular complexity index is 624. The Morgan fingerprint density at radius 2 is 2.06 bits per heavy atom. The second-order valence-electron chi connectivity index (χ2n) is 3.97. The van der Waals surface area contributed by atoms with E-state index in [1.807, 2.05) is 12.1 Å². The molecule has 0 aromatic heterocycles. The second-order valence-corrected chi connectivity index (χ2v) is 5.69. The lowest BCUT2D eigenvalue weighted by atomic mass is 10.1. The normalized spacial score (nSPS) is 12.4. The second kappa shape index (κ2) is 5.63. The fraction of sp³-hybridized carbons (Fsp3) is 0.333. The van der Waals surface area contributed by atoms with E-state index in [4.69, 9.17) is 10.5 Å². The zero-order valence-corrected chi connectivity index (χ0v) is 11.0. The Hall–Kier alpha value is -1.89. The van der Waals surface area contributed by atoms with E-state index < -0.39 is 16.1 Å². The summed E-state index contributed by atoms with van der Waals surface area (Å²) in [6.45, 7) is 3.30. The third kappa shape index (κ3) is 3.30. The van der Waals surface area contributed by atoms with Crippen LogP contribution in [0.2, 0.25) is 0 Å². The van der Waals surface area contributed by atoms with E-state index in [2.05, 4.69) is 4.72 Å². The topological polar surface area (TPSA) is 93.8 Å². The van der Waals surface area contributed by atoms with Crippen molar-refractivity contribution in [1.29, 1.82) is 10.5 Å². The summed E-state index contributed by atoms with van der Waals surface area (Å²) in [5.74, 6) is 0. The first kappa shape index (κ1) is 14.2. The van der Waals surface area contributed by atoms with Gasteiger partial charge in [0.2, 0.25) is 10.0 Å². The highest BCUT2D eigenvalue weighted by molar-refractivity contribution is 7.89.